The van der Waals surface area contributed by atoms with E-state index in [9.17, 15) is 0 Å². The first kappa shape index (κ1) is 11.5. The first-order valence-corrected chi connectivity index (χ1v) is 5.33. The summed E-state index contributed by atoms with van der Waals surface area (Å²) in [6.07, 6.45) is 6.27. The van der Waals surface area contributed by atoms with E-state index in [-0.39, 0.29) is 11.6 Å². The van der Waals surface area contributed by atoms with E-state index in [1.807, 2.05) is 6.08 Å². The van der Waals surface area contributed by atoms with Crippen molar-refractivity contribution in [2.24, 2.45) is 23.3 Å². The lowest BCUT2D eigenvalue weighted by molar-refractivity contribution is 0.344. The van der Waals surface area contributed by atoms with Crippen molar-refractivity contribution < 1.29 is 0 Å². The minimum Gasteiger partial charge on any atom is -0.323 e. The van der Waals surface area contributed by atoms with Gasteiger partial charge in [0.15, 0.2) is 0 Å². The van der Waals surface area contributed by atoms with Crippen molar-refractivity contribution in [2.45, 2.75) is 39.3 Å². The summed E-state index contributed by atoms with van der Waals surface area (Å²) in [5, 5.41) is 0. The Morgan fingerprint density at radius 2 is 1.86 bits per heavy atom. The maximum atomic E-state index is 6.32. The summed E-state index contributed by atoms with van der Waals surface area (Å²) in [4.78, 5) is 0. The monoisotopic (exact) mass is 194 g/mol. The summed E-state index contributed by atoms with van der Waals surface area (Å²) in [5.74, 6) is 0.872. The highest BCUT2D eigenvalue weighted by atomic mass is 14.9. The van der Waals surface area contributed by atoms with Crippen LogP contribution in [0.15, 0.2) is 23.8 Å². The van der Waals surface area contributed by atoms with Crippen LogP contribution < -0.4 is 11.5 Å². The SMILES string of the molecule is CC(C)C1=CC(N)(C(C)C)C(N)C=C1. The van der Waals surface area contributed by atoms with Crippen LogP contribution in [-0.2, 0) is 0 Å². The van der Waals surface area contributed by atoms with Crippen LogP contribution in [0.5, 0.6) is 0 Å². The van der Waals surface area contributed by atoms with Gasteiger partial charge in [0.1, 0.15) is 0 Å². The standard InChI is InChI=1S/C12H22N2/c1-8(2)10-5-6-11(13)12(14,7-10)9(3)4/h5-9,11H,13-14H2,1-4H3. The van der Waals surface area contributed by atoms with Crippen LogP contribution in [0, 0.1) is 11.8 Å². The Balaban J connectivity index is 3.02. The van der Waals surface area contributed by atoms with Crippen molar-refractivity contribution >= 4 is 0 Å². The average molecular weight is 194 g/mol. The third-order valence-corrected chi connectivity index (χ3v) is 3.16. The molecule has 14 heavy (non-hydrogen) atoms. The van der Waals surface area contributed by atoms with Gasteiger partial charge < -0.3 is 11.5 Å². The highest BCUT2D eigenvalue weighted by Gasteiger charge is 2.34. The van der Waals surface area contributed by atoms with E-state index in [0.29, 0.717) is 11.8 Å². The van der Waals surface area contributed by atoms with E-state index in [2.05, 4.69) is 39.8 Å². The third-order valence-electron chi connectivity index (χ3n) is 3.16. The molecule has 1 aliphatic carbocycles. The van der Waals surface area contributed by atoms with E-state index in [0.717, 1.165) is 0 Å². The van der Waals surface area contributed by atoms with Crippen molar-refractivity contribution in [3.05, 3.63) is 23.8 Å². The summed E-state index contributed by atoms with van der Waals surface area (Å²) in [6, 6.07) is -0.0648. The average Bonchev–Trinajstić information content (AvgIpc) is 2.09. The van der Waals surface area contributed by atoms with E-state index in [1.54, 1.807) is 0 Å². The molecule has 1 rings (SSSR count). The van der Waals surface area contributed by atoms with Crippen molar-refractivity contribution in [1.29, 1.82) is 0 Å². The van der Waals surface area contributed by atoms with Gasteiger partial charge >= 0.3 is 0 Å². The van der Waals surface area contributed by atoms with Gasteiger partial charge in [0.2, 0.25) is 0 Å². The molecule has 0 aliphatic heterocycles. The summed E-state index contributed by atoms with van der Waals surface area (Å²) in [5.41, 5.74) is 13.3. The highest BCUT2D eigenvalue weighted by molar-refractivity contribution is 5.35. The van der Waals surface area contributed by atoms with Crippen LogP contribution in [-0.4, -0.2) is 11.6 Å². The number of hydrogen-bond donors (Lipinski definition) is 2. The Morgan fingerprint density at radius 1 is 1.29 bits per heavy atom. The predicted octanol–water partition coefficient (Wildman–Crippen LogP) is 1.82. The van der Waals surface area contributed by atoms with Gasteiger partial charge in [-0.1, -0.05) is 45.9 Å². The first-order chi connectivity index (χ1) is 6.38. The Morgan fingerprint density at radius 3 is 2.29 bits per heavy atom. The molecule has 0 saturated carbocycles. The number of nitrogens with two attached hydrogens (primary N) is 2. The number of hydrogen-bond acceptors (Lipinski definition) is 2. The Hall–Kier alpha value is -0.600. The van der Waals surface area contributed by atoms with Gasteiger partial charge in [0.05, 0.1) is 5.54 Å². The Bertz CT molecular complexity index is 263. The lowest BCUT2D eigenvalue weighted by atomic mass is 9.75. The second-order valence-electron chi connectivity index (χ2n) is 4.84. The summed E-state index contributed by atoms with van der Waals surface area (Å²) in [6.45, 7) is 8.59. The zero-order chi connectivity index (χ0) is 10.9. The van der Waals surface area contributed by atoms with Crippen LogP contribution in [0.1, 0.15) is 27.7 Å². The number of allylic oxidation sites excluding steroid dienone is 2. The lowest BCUT2D eigenvalue weighted by Gasteiger charge is -2.38. The number of rotatable bonds is 2. The molecule has 0 aromatic rings. The van der Waals surface area contributed by atoms with Crippen molar-refractivity contribution in [3.8, 4) is 0 Å². The Kier molecular flexibility index (Phi) is 3.17. The smallest absolute Gasteiger partial charge is 0.0558 e. The molecule has 0 heterocycles. The van der Waals surface area contributed by atoms with Crippen LogP contribution in [0.3, 0.4) is 0 Å². The fourth-order valence-electron chi connectivity index (χ4n) is 1.73. The van der Waals surface area contributed by atoms with E-state index in [4.69, 9.17) is 11.5 Å². The molecule has 0 aromatic heterocycles. The molecule has 4 N–H and O–H groups in total. The predicted molar refractivity (Wildman–Crippen MR) is 61.8 cm³/mol. The summed E-state index contributed by atoms with van der Waals surface area (Å²) in [7, 11) is 0. The summed E-state index contributed by atoms with van der Waals surface area (Å²) < 4.78 is 0. The van der Waals surface area contributed by atoms with Gasteiger partial charge in [-0.3, -0.25) is 0 Å². The maximum absolute atomic E-state index is 6.32. The molecular formula is C12H22N2. The minimum atomic E-state index is -0.381. The van der Waals surface area contributed by atoms with Crippen LogP contribution in [0.2, 0.25) is 0 Å². The fraction of sp³-hybridized carbons (Fsp3) is 0.667. The molecule has 2 heteroatoms. The van der Waals surface area contributed by atoms with E-state index >= 15 is 0 Å². The van der Waals surface area contributed by atoms with Gasteiger partial charge in [0, 0.05) is 6.04 Å². The molecule has 0 saturated heterocycles. The topological polar surface area (TPSA) is 52.0 Å². The van der Waals surface area contributed by atoms with Gasteiger partial charge in [-0.05, 0) is 17.4 Å². The van der Waals surface area contributed by atoms with Crippen LogP contribution in [0.4, 0.5) is 0 Å². The molecule has 0 amide bonds. The molecule has 2 nitrogen and oxygen atoms in total. The van der Waals surface area contributed by atoms with E-state index in [1.165, 1.54) is 5.57 Å². The van der Waals surface area contributed by atoms with Gasteiger partial charge in [-0.2, -0.15) is 0 Å². The third kappa shape index (κ3) is 1.91. The van der Waals surface area contributed by atoms with Crippen molar-refractivity contribution in [3.63, 3.8) is 0 Å². The maximum Gasteiger partial charge on any atom is 0.0558 e. The second-order valence-corrected chi connectivity index (χ2v) is 4.84. The molecular weight excluding hydrogens is 172 g/mol. The Labute approximate surface area is 87.0 Å². The molecule has 2 unspecified atom stereocenters. The van der Waals surface area contributed by atoms with Crippen molar-refractivity contribution in [2.75, 3.05) is 0 Å². The fourth-order valence-corrected chi connectivity index (χ4v) is 1.73. The van der Waals surface area contributed by atoms with Gasteiger partial charge in [0.25, 0.3) is 0 Å². The zero-order valence-electron chi connectivity index (χ0n) is 9.62. The first-order valence-electron chi connectivity index (χ1n) is 5.33. The zero-order valence-corrected chi connectivity index (χ0v) is 9.62. The molecule has 0 bridgehead atoms. The molecule has 2 atom stereocenters. The van der Waals surface area contributed by atoms with Crippen LogP contribution >= 0.6 is 0 Å². The van der Waals surface area contributed by atoms with E-state index < -0.39 is 0 Å². The lowest BCUT2D eigenvalue weighted by Crippen LogP contribution is -2.57. The minimum absolute atomic E-state index is 0.0648. The van der Waals surface area contributed by atoms with Gasteiger partial charge in [-0.25, -0.2) is 0 Å². The largest absolute Gasteiger partial charge is 0.323 e. The molecule has 0 fully saturated rings. The second kappa shape index (κ2) is 3.87. The molecule has 0 radical (unpaired) electrons. The highest BCUT2D eigenvalue weighted by Crippen LogP contribution is 2.28. The van der Waals surface area contributed by atoms with Crippen LogP contribution in [0.25, 0.3) is 0 Å². The van der Waals surface area contributed by atoms with Gasteiger partial charge in [-0.15, -0.1) is 0 Å². The molecule has 1 aliphatic rings. The molecule has 0 spiro atoms. The quantitative estimate of drug-likeness (QED) is 0.704. The summed E-state index contributed by atoms with van der Waals surface area (Å²) >= 11 is 0. The molecule has 80 valence electrons. The van der Waals surface area contributed by atoms with Crippen molar-refractivity contribution in [1.82, 2.24) is 0 Å². The molecule has 0 aromatic carbocycles. The normalized spacial score (nSPS) is 32.6.